The van der Waals surface area contributed by atoms with Crippen molar-refractivity contribution in [1.82, 2.24) is 9.78 Å². The molecule has 0 bridgehead atoms. The van der Waals surface area contributed by atoms with Crippen LogP contribution in [0.2, 0.25) is 0 Å². The van der Waals surface area contributed by atoms with Gasteiger partial charge in [0.15, 0.2) is 0 Å². The quantitative estimate of drug-likeness (QED) is 0.556. The summed E-state index contributed by atoms with van der Waals surface area (Å²) in [4.78, 5) is 11.2. The van der Waals surface area contributed by atoms with Gasteiger partial charge in [0, 0.05) is 16.5 Å². The second-order valence-corrected chi connectivity index (χ2v) is 5.43. The first-order valence-corrected chi connectivity index (χ1v) is 7.67. The van der Waals surface area contributed by atoms with Gasteiger partial charge in [-0.2, -0.15) is 5.10 Å². The summed E-state index contributed by atoms with van der Waals surface area (Å²) in [6.07, 6.45) is 2.32. The smallest absolute Gasteiger partial charge is 0.545 e. The first kappa shape index (κ1) is 19.4. The van der Waals surface area contributed by atoms with E-state index < -0.39 is 5.97 Å². The Bertz CT molecular complexity index is 895. The number of hydrogen-bond donors (Lipinski definition) is 0. The fourth-order valence-corrected chi connectivity index (χ4v) is 2.59. The van der Waals surface area contributed by atoms with Gasteiger partial charge in [-0.05, 0) is 30.7 Å². The van der Waals surface area contributed by atoms with Gasteiger partial charge in [-0.1, -0.05) is 19.1 Å². The molecule has 3 rings (SSSR count). The van der Waals surface area contributed by atoms with Crippen molar-refractivity contribution in [3.05, 3.63) is 59.5 Å². The summed E-state index contributed by atoms with van der Waals surface area (Å²) < 4.78 is 20.9. The largest absolute Gasteiger partial charge is 1.00 e. The fraction of sp³-hybridized carbons (Fsp3) is 0.222. The van der Waals surface area contributed by atoms with Crippen LogP contribution in [0.15, 0.2) is 42.6 Å². The van der Waals surface area contributed by atoms with Crippen LogP contribution in [-0.4, -0.2) is 22.4 Å². The third-order valence-corrected chi connectivity index (χ3v) is 3.71. The molecule has 25 heavy (non-hydrogen) atoms. The van der Waals surface area contributed by atoms with Crippen LogP contribution in [0.1, 0.15) is 29.3 Å². The van der Waals surface area contributed by atoms with Gasteiger partial charge in [0.2, 0.25) is 0 Å². The van der Waals surface area contributed by atoms with Crippen LogP contribution in [-0.2, 0) is 6.54 Å². The van der Waals surface area contributed by atoms with Crippen molar-refractivity contribution < 1.29 is 48.6 Å². The molecule has 0 aliphatic heterocycles. The number of halogens is 1. The molecule has 0 saturated heterocycles. The Kier molecular flexibility index (Phi) is 6.58. The summed E-state index contributed by atoms with van der Waals surface area (Å²) in [5, 5.41) is 15.9. The molecule has 0 N–H and O–H groups in total. The normalized spacial score (nSPS) is 10.5. The van der Waals surface area contributed by atoms with Crippen LogP contribution in [0.25, 0.3) is 10.9 Å². The van der Waals surface area contributed by atoms with Gasteiger partial charge in [-0.3, -0.25) is 4.68 Å². The van der Waals surface area contributed by atoms with E-state index >= 15 is 0 Å². The Hall–Kier alpha value is -1.89. The van der Waals surface area contributed by atoms with Crippen molar-refractivity contribution in [3.8, 4) is 5.75 Å². The minimum absolute atomic E-state index is 0. The van der Waals surface area contributed by atoms with E-state index in [4.69, 9.17) is 4.74 Å². The molecule has 0 aliphatic rings. The maximum Gasteiger partial charge on any atom is 1.00 e. The van der Waals surface area contributed by atoms with E-state index in [2.05, 4.69) is 5.10 Å². The van der Waals surface area contributed by atoms with Gasteiger partial charge in [-0.25, -0.2) is 4.39 Å². The average molecular weight is 350 g/mol. The molecule has 0 spiro atoms. The average Bonchev–Trinajstić information content (AvgIpc) is 2.97. The zero-order valence-corrected chi connectivity index (χ0v) is 16.2. The number of rotatable bonds is 6. The number of aromatic nitrogens is 2. The molecule has 5 nitrogen and oxygen atoms in total. The van der Waals surface area contributed by atoms with Crippen molar-refractivity contribution in [2.24, 2.45) is 0 Å². The van der Waals surface area contributed by atoms with Gasteiger partial charge >= 0.3 is 29.6 Å². The number of fused-ring (bicyclic) bond motifs is 1. The van der Waals surface area contributed by atoms with Crippen LogP contribution < -0.4 is 39.4 Å². The molecule has 0 aliphatic carbocycles. The molecule has 0 saturated carbocycles. The molecular formula is C18H16FN2NaO3. The second kappa shape index (κ2) is 8.47. The first-order valence-electron chi connectivity index (χ1n) is 7.67. The number of carbonyl (C=O) groups excluding carboxylic acids is 1. The molecule has 3 aromatic rings. The van der Waals surface area contributed by atoms with Gasteiger partial charge in [0.1, 0.15) is 11.6 Å². The molecule has 1 heterocycles. The molecule has 0 amide bonds. The van der Waals surface area contributed by atoms with Crippen molar-refractivity contribution in [1.29, 1.82) is 0 Å². The third-order valence-electron chi connectivity index (χ3n) is 3.71. The van der Waals surface area contributed by atoms with Gasteiger partial charge in [0.05, 0.1) is 30.8 Å². The van der Waals surface area contributed by atoms with E-state index in [0.29, 0.717) is 28.8 Å². The maximum absolute atomic E-state index is 13.6. The van der Waals surface area contributed by atoms with E-state index in [0.717, 1.165) is 6.42 Å². The molecule has 124 valence electrons. The number of carboxylic acid groups (broad SMARTS) is 1. The van der Waals surface area contributed by atoms with Crippen LogP contribution >= 0.6 is 0 Å². The Balaban J connectivity index is 0.00000225. The Morgan fingerprint density at radius 3 is 2.84 bits per heavy atom. The third kappa shape index (κ3) is 4.21. The van der Waals surface area contributed by atoms with Crippen LogP contribution in [0.4, 0.5) is 4.39 Å². The predicted molar refractivity (Wildman–Crippen MR) is 85.4 cm³/mol. The van der Waals surface area contributed by atoms with Crippen molar-refractivity contribution >= 4 is 16.9 Å². The van der Waals surface area contributed by atoms with Crippen molar-refractivity contribution in [2.75, 3.05) is 6.61 Å². The van der Waals surface area contributed by atoms with Crippen molar-refractivity contribution in [2.45, 2.75) is 19.9 Å². The van der Waals surface area contributed by atoms with Crippen LogP contribution in [0.5, 0.6) is 5.75 Å². The molecular weight excluding hydrogens is 334 g/mol. The number of nitrogens with zero attached hydrogens (tertiary/aromatic N) is 2. The zero-order chi connectivity index (χ0) is 17.1. The Morgan fingerprint density at radius 1 is 1.32 bits per heavy atom. The minimum atomic E-state index is -1.25. The van der Waals surface area contributed by atoms with E-state index in [1.54, 1.807) is 22.9 Å². The number of carbonyl (C=O) groups is 1. The summed E-state index contributed by atoms with van der Waals surface area (Å²) in [5.74, 6) is -1.02. The van der Waals surface area contributed by atoms with Crippen molar-refractivity contribution in [3.63, 3.8) is 0 Å². The number of carboxylic acids is 1. The predicted octanol–water partition coefficient (Wildman–Crippen LogP) is -0.620. The van der Waals surface area contributed by atoms with Gasteiger partial charge in [-0.15, -0.1) is 0 Å². The summed E-state index contributed by atoms with van der Waals surface area (Å²) >= 11 is 0. The fourth-order valence-electron chi connectivity index (χ4n) is 2.59. The molecule has 2 aromatic carbocycles. The van der Waals surface area contributed by atoms with E-state index in [1.165, 1.54) is 24.4 Å². The number of hydrogen-bond acceptors (Lipinski definition) is 4. The van der Waals surface area contributed by atoms with E-state index in [9.17, 15) is 14.3 Å². The monoisotopic (exact) mass is 350 g/mol. The molecule has 0 fully saturated rings. The first-order chi connectivity index (χ1) is 11.6. The Morgan fingerprint density at radius 2 is 2.12 bits per heavy atom. The summed E-state index contributed by atoms with van der Waals surface area (Å²) in [6, 6.07) is 9.22. The molecule has 0 atom stereocenters. The van der Waals surface area contributed by atoms with Gasteiger partial charge < -0.3 is 14.6 Å². The number of aromatic carboxylic acids is 1. The summed E-state index contributed by atoms with van der Waals surface area (Å²) in [5.41, 5.74) is 1.37. The molecule has 1 aromatic heterocycles. The van der Waals surface area contributed by atoms with Crippen LogP contribution in [0, 0.1) is 5.82 Å². The van der Waals surface area contributed by atoms with E-state index in [-0.39, 0.29) is 47.5 Å². The standard InChI is InChI=1S/C18H17FN2O3.Na/c1-2-8-24-17-7-6-13(19)9-12(17)11-21-16-5-3-4-14(18(22)23)15(16)10-20-21;/h3-7,9-10H,2,8,11H2,1H3,(H,22,23);/q;+1/p-1. The summed E-state index contributed by atoms with van der Waals surface area (Å²) in [6.45, 7) is 2.80. The SMILES string of the molecule is CCCOc1ccc(F)cc1Cn1ncc2c(C(=O)[O-])cccc21.[Na+]. The summed E-state index contributed by atoms with van der Waals surface area (Å²) in [7, 11) is 0. The number of ether oxygens (including phenoxy) is 1. The number of benzene rings is 2. The molecule has 0 radical (unpaired) electrons. The van der Waals surface area contributed by atoms with Crippen LogP contribution in [0.3, 0.4) is 0 Å². The molecule has 7 heteroatoms. The topological polar surface area (TPSA) is 67.2 Å². The molecule has 0 unspecified atom stereocenters. The second-order valence-electron chi connectivity index (χ2n) is 5.43. The Labute approximate surface area is 166 Å². The zero-order valence-electron chi connectivity index (χ0n) is 14.2. The van der Waals surface area contributed by atoms with Gasteiger partial charge in [0.25, 0.3) is 0 Å². The maximum atomic E-state index is 13.6. The van der Waals surface area contributed by atoms with E-state index in [1.807, 2.05) is 6.92 Å². The minimum Gasteiger partial charge on any atom is -0.545 e.